The van der Waals surface area contributed by atoms with Gasteiger partial charge in [-0.1, -0.05) is 0 Å². The van der Waals surface area contributed by atoms with Crippen LogP contribution in [0.1, 0.15) is 12.8 Å². The summed E-state index contributed by atoms with van der Waals surface area (Å²) in [5.41, 5.74) is 4.02. The normalized spacial score (nSPS) is 12.3. The number of benzene rings is 1. The van der Waals surface area contributed by atoms with Crippen LogP contribution in [-0.2, 0) is 9.53 Å². The van der Waals surface area contributed by atoms with Crippen LogP contribution in [0.15, 0.2) is 0 Å². The Morgan fingerprint density at radius 1 is 1.10 bits per heavy atom. The molecule has 4 nitrogen and oxygen atoms in total. The van der Waals surface area contributed by atoms with E-state index < -0.39 is 46.7 Å². The Kier molecular flexibility index (Phi) is 6.03. The second kappa shape index (κ2) is 7.32. The smallest absolute Gasteiger partial charge is 0.241 e. The minimum atomic E-state index is -2.30. The Morgan fingerprint density at radius 3 is 2.05 bits per heavy atom. The lowest BCUT2D eigenvalue weighted by atomic mass is 10.1. The van der Waals surface area contributed by atoms with Crippen molar-refractivity contribution in [3.05, 3.63) is 29.1 Å². The van der Waals surface area contributed by atoms with Crippen molar-refractivity contribution in [1.82, 2.24) is 0 Å². The topological polar surface area (TPSA) is 64.3 Å². The minimum absolute atomic E-state index is 0.120. The van der Waals surface area contributed by atoms with Crippen LogP contribution in [-0.4, -0.2) is 25.7 Å². The molecule has 1 rings (SSSR count). The predicted molar refractivity (Wildman–Crippen MR) is 63.9 cm³/mol. The maximum atomic E-state index is 13.3. The van der Waals surface area contributed by atoms with Gasteiger partial charge in [-0.25, -0.2) is 22.0 Å². The van der Waals surface area contributed by atoms with Gasteiger partial charge in [-0.15, -0.1) is 0 Å². The lowest BCUT2D eigenvalue weighted by molar-refractivity contribution is -0.117. The van der Waals surface area contributed by atoms with E-state index in [0.717, 1.165) is 0 Å². The zero-order valence-electron chi connectivity index (χ0n) is 11.0. The predicted octanol–water partition coefficient (Wildman–Crippen LogP) is 2.07. The summed E-state index contributed by atoms with van der Waals surface area (Å²) >= 11 is 0. The van der Waals surface area contributed by atoms with Crippen molar-refractivity contribution in [2.24, 2.45) is 5.73 Å². The van der Waals surface area contributed by atoms with Crippen LogP contribution in [0, 0.1) is 29.1 Å². The summed E-state index contributed by atoms with van der Waals surface area (Å²) in [7, 11) is 1.43. The molecule has 3 N–H and O–H groups in total. The molecule has 21 heavy (non-hydrogen) atoms. The van der Waals surface area contributed by atoms with E-state index in [1.54, 1.807) is 5.32 Å². The van der Waals surface area contributed by atoms with Crippen LogP contribution in [0.2, 0.25) is 0 Å². The molecule has 1 amide bonds. The molecule has 0 heterocycles. The van der Waals surface area contributed by atoms with Crippen LogP contribution in [0.5, 0.6) is 0 Å². The summed E-state index contributed by atoms with van der Waals surface area (Å²) < 4.78 is 70.1. The number of rotatable bonds is 6. The van der Waals surface area contributed by atoms with Crippen molar-refractivity contribution >= 4 is 11.6 Å². The van der Waals surface area contributed by atoms with Gasteiger partial charge in [-0.05, 0) is 12.8 Å². The molecule has 0 aliphatic rings. The van der Waals surface area contributed by atoms with Crippen molar-refractivity contribution in [1.29, 1.82) is 0 Å². The van der Waals surface area contributed by atoms with E-state index in [4.69, 9.17) is 10.5 Å². The number of carbonyl (C=O) groups excluding carboxylic acids is 1. The summed E-state index contributed by atoms with van der Waals surface area (Å²) in [6, 6.07) is -1.17. The van der Waals surface area contributed by atoms with Gasteiger partial charge in [0.1, 0.15) is 5.69 Å². The van der Waals surface area contributed by atoms with E-state index >= 15 is 0 Å². The van der Waals surface area contributed by atoms with Crippen molar-refractivity contribution in [3.8, 4) is 0 Å². The Morgan fingerprint density at radius 2 is 1.57 bits per heavy atom. The third-order valence-electron chi connectivity index (χ3n) is 2.66. The number of halogens is 5. The number of hydrogen-bond acceptors (Lipinski definition) is 3. The monoisotopic (exact) mass is 312 g/mol. The number of amides is 1. The molecule has 118 valence electrons. The van der Waals surface area contributed by atoms with Gasteiger partial charge in [0.05, 0.1) is 6.04 Å². The largest absolute Gasteiger partial charge is 0.385 e. The Labute approximate surface area is 117 Å². The molecule has 0 fully saturated rings. The quantitative estimate of drug-likeness (QED) is 0.366. The van der Waals surface area contributed by atoms with Gasteiger partial charge >= 0.3 is 0 Å². The Hall–Kier alpha value is -1.74. The lowest BCUT2D eigenvalue weighted by Crippen LogP contribution is -2.36. The highest BCUT2D eigenvalue weighted by atomic mass is 19.2. The highest BCUT2D eigenvalue weighted by Crippen LogP contribution is 2.27. The first kappa shape index (κ1) is 17.3. The van der Waals surface area contributed by atoms with Crippen molar-refractivity contribution in [2.45, 2.75) is 18.9 Å². The molecule has 0 aromatic heterocycles. The second-order valence-electron chi connectivity index (χ2n) is 4.18. The third kappa shape index (κ3) is 3.88. The van der Waals surface area contributed by atoms with Gasteiger partial charge in [-0.2, -0.15) is 0 Å². The molecular formula is C12H13F5N2O2. The summed E-state index contributed by atoms with van der Waals surface area (Å²) in [5, 5.41) is 1.61. The first-order valence-electron chi connectivity index (χ1n) is 5.88. The molecule has 0 bridgehead atoms. The van der Waals surface area contributed by atoms with E-state index in [1.807, 2.05) is 0 Å². The van der Waals surface area contributed by atoms with Crippen molar-refractivity contribution in [3.63, 3.8) is 0 Å². The second-order valence-corrected chi connectivity index (χ2v) is 4.18. The minimum Gasteiger partial charge on any atom is -0.385 e. The average Bonchev–Trinajstić information content (AvgIpc) is 2.47. The number of methoxy groups -OCH3 is 1. The number of anilines is 1. The van der Waals surface area contributed by atoms with Crippen LogP contribution in [0.3, 0.4) is 0 Å². The molecule has 1 unspecified atom stereocenters. The highest BCUT2D eigenvalue weighted by Gasteiger charge is 2.27. The van der Waals surface area contributed by atoms with E-state index in [1.165, 1.54) is 7.11 Å². The SMILES string of the molecule is COCCCC(N)C(=O)Nc1c(F)c(F)c(F)c(F)c1F. The Balaban J connectivity index is 2.91. The maximum absolute atomic E-state index is 13.3. The summed E-state index contributed by atoms with van der Waals surface area (Å²) in [6.45, 7) is 0.309. The molecule has 0 saturated carbocycles. The Bertz CT molecular complexity index is 510. The van der Waals surface area contributed by atoms with Gasteiger partial charge in [0.15, 0.2) is 23.3 Å². The zero-order valence-corrected chi connectivity index (χ0v) is 11.0. The van der Waals surface area contributed by atoms with Crippen LogP contribution >= 0.6 is 0 Å². The fourth-order valence-electron chi connectivity index (χ4n) is 1.51. The first-order chi connectivity index (χ1) is 9.81. The highest BCUT2D eigenvalue weighted by molar-refractivity contribution is 5.94. The molecule has 0 aliphatic carbocycles. The van der Waals surface area contributed by atoms with Crippen molar-refractivity contribution in [2.75, 3.05) is 19.0 Å². The van der Waals surface area contributed by atoms with E-state index in [2.05, 4.69) is 0 Å². The van der Waals surface area contributed by atoms with E-state index in [-0.39, 0.29) is 6.42 Å². The summed E-state index contributed by atoms with van der Waals surface area (Å²) in [4.78, 5) is 11.6. The van der Waals surface area contributed by atoms with E-state index in [9.17, 15) is 26.7 Å². The van der Waals surface area contributed by atoms with Crippen molar-refractivity contribution < 1.29 is 31.5 Å². The first-order valence-corrected chi connectivity index (χ1v) is 5.88. The molecular weight excluding hydrogens is 299 g/mol. The fraction of sp³-hybridized carbons (Fsp3) is 0.417. The lowest BCUT2D eigenvalue weighted by Gasteiger charge is -2.14. The molecule has 1 aromatic carbocycles. The van der Waals surface area contributed by atoms with Gasteiger partial charge in [-0.3, -0.25) is 4.79 Å². The maximum Gasteiger partial charge on any atom is 0.241 e. The van der Waals surface area contributed by atoms with Crippen LogP contribution < -0.4 is 11.1 Å². The average molecular weight is 312 g/mol. The molecule has 9 heteroatoms. The molecule has 0 saturated heterocycles. The molecule has 0 radical (unpaired) electrons. The van der Waals surface area contributed by atoms with Gasteiger partial charge < -0.3 is 15.8 Å². The number of nitrogens with one attached hydrogen (secondary N) is 1. The zero-order chi connectivity index (χ0) is 16.2. The number of hydrogen-bond donors (Lipinski definition) is 2. The van der Waals surface area contributed by atoms with Crippen LogP contribution in [0.4, 0.5) is 27.6 Å². The molecule has 1 aromatic rings. The number of ether oxygens (including phenoxy) is 1. The van der Waals surface area contributed by atoms with Gasteiger partial charge in [0.25, 0.3) is 0 Å². The van der Waals surface area contributed by atoms with Gasteiger partial charge in [0, 0.05) is 13.7 Å². The fourth-order valence-corrected chi connectivity index (χ4v) is 1.51. The van der Waals surface area contributed by atoms with Gasteiger partial charge in [0.2, 0.25) is 11.7 Å². The van der Waals surface area contributed by atoms with Crippen LogP contribution in [0.25, 0.3) is 0 Å². The molecule has 1 atom stereocenters. The molecule has 0 spiro atoms. The van der Waals surface area contributed by atoms with E-state index in [0.29, 0.717) is 13.0 Å². The number of nitrogens with two attached hydrogens (primary N) is 1. The summed E-state index contributed by atoms with van der Waals surface area (Å²) in [5.74, 6) is -11.9. The summed E-state index contributed by atoms with van der Waals surface area (Å²) in [6.07, 6.45) is 0.511. The number of carbonyl (C=O) groups is 1. The third-order valence-corrected chi connectivity index (χ3v) is 2.66. The molecule has 0 aliphatic heterocycles. The standard InChI is InChI=1S/C12H13F5N2O2/c1-21-4-2-3-5(18)12(20)19-11-9(16)7(14)6(13)8(15)10(11)17/h5H,2-4,18H2,1H3,(H,19,20).